The molecule has 0 spiro atoms. The zero-order valence-electron chi connectivity index (χ0n) is 16.6. The molecule has 0 aliphatic heterocycles. The van der Waals surface area contributed by atoms with E-state index >= 15 is 0 Å². The Labute approximate surface area is 175 Å². The molecule has 1 heterocycles. The minimum atomic E-state index is 0.111. The van der Waals surface area contributed by atoms with Crippen molar-refractivity contribution in [3.05, 3.63) is 90.6 Å². The molecule has 3 aromatic carbocycles. The molecule has 0 radical (unpaired) electrons. The number of ether oxygens (including phenoxy) is 2. The van der Waals surface area contributed by atoms with Crippen LogP contribution in [-0.4, -0.2) is 29.0 Å². The van der Waals surface area contributed by atoms with Crippen LogP contribution in [0.25, 0.3) is 28.5 Å². The first kappa shape index (κ1) is 19.3. The molecular weight excluding hydrogens is 376 g/mol. The molecule has 4 rings (SSSR count). The highest BCUT2D eigenvalue weighted by Gasteiger charge is 2.16. The van der Waals surface area contributed by atoms with Gasteiger partial charge in [0, 0.05) is 22.8 Å². The molecule has 0 fully saturated rings. The zero-order chi connectivity index (χ0) is 20.8. The Bertz CT molecular complexity index is 1150. The molecule has 0 unspecified atom stereocenters. The molecule has 0 saturated carbocycles. The molecule has 5 heteroatoms. The molecule has 0 atom stereocenters. The van der Waals surface area contributed by atoms with Crippen LogP contribution in [0.1, 0.15) is 5.56 Å². The van der Waals surface area contributed by atoms with Crippen LogP contribution in [-0.2, 0) is 0 Å². The summed E-state index contributed by atoms with van der Waals surface area (Å²) in [5, 5.41) is 17.8. The number of nitrogens with zero attached hydrogens (tertiary/aromatic N) is 1. The molecule has 30 heavy (non-hydrogen) atoms. The topological polar surface area (TPSA) is 67.4 Å². The van der Waals surface area contributed by atoms with Gasteiger partial charge in [-0.3, -0.25) is 5.10 Å². The van der Waals surface area contributed by atoms with E-state index < -0.39 is 0 Å². The molecule has 1 aromatic heterocycles. The Morgan fingerprint density at radius 3 is 2.53 bits per heavy atom. The van der Waals surface area contributed by atoms with Gasteiger partial charge in [-0.25, -0.2) is 0 Å². The summed E-state index contributed by atoms with van der Waals surface area (Å²) in [6.45, 7) is 0.407. The Hall–Kier alpha value is -3.99. The number of phenols is 1. The average Bonchev–Trinajstić information content (AvgIpc) is 3.27. The van der Waals surface area contributed by atoms with Gasteiger partial charge in [-0.05, 0) is 29.8 Å². The third-order valence-electron chi connectivity index (χ3n) is 4.73. The second-order valence-corrected chi connectivity index (χ2v) is 6.66. The number of nitrogens with one attached hydrogen (secondary N) is 1. The maximum atomic E-state index is 10.6. The number of phenolic OH excluding ortho intramolecular Hbond substituents is 1. The average molecular weight is 398 g/mol. The van der Waals surface area contributed by atoms with Crippen LogP contribution in [0.3, 0.4) is 0 Å². The highest BCUT2D eigenvalue weighted by molar-refractivity contribution is 5.85. The zero-order valence-corrected chi connectivity index (χ0v) is 16.6. The standard InChI is InChI=1S/C25H22N2O3/c1-29-24-12-6-5-11-20(24)22-17-26-27-25(22)21-14-13-19(16-23(21)28)30-15-7-10-18-8-3-2-4-9-18/h2-14,16-17,28H,15H2,1H3,(H,26,27). The minimum Gasteiger partial charge on any atom is -0.507 e. The summed E-state index contributed by atoms with van der Waals surface area (Å²) >= 11 is 0. The normalized spacial score (nSPS) is 11.0. The maximum Gasteiger partial charge on any atom is 0.128 e. The minimum absolute atomic E-state index is 0.111. The second-order valence-electron chi connectivity index (χ2n) is 6.66. The third-order valence-corrected chi connectivity index (χ3v) is 4.73. The van der Waals surface area contributed by atoms with Crippen LogP contribution >= 0.6 is 0 Å². The number of aromatic amines is 1. The third kappa shape index (κ3) is 4.20. The van der Waals surface area contributed by atoms with Crippen molar-refractivity contribution in [2.24, 2.45) is 0 Å². The van der Waals surface area contributed by atoms with E-state index in [4.69, 9.17) is 9.47 Å². The van der Waals surface area contributed by atoms with Gasteiger partial charge in [-0.1, -0.05) is 54.6 Å². The lowest BCUT2D eigenvalue weighted by Crippen LogP contribution is -1.94. The fraction of sp³-hybridized carbons (Fsp3) is 0.0800. The van der Waals surface area contributed by atoms with Crippen molar-refractivity contribution in [2.45, 2.75) is 0 Å². The Morgan fingerprint density at radius 1 is 0.933 bits per heavy atom. The molecule has 0 aliphatic carbocycles. The lowest BCUT2D eigenvalue weighted by Gasteiger charge is -2.11. The monoisotopic (exact) mass is 398 g/mol. The van der Waals surface area contributed by atoms with Gasteiger partial charge in [-0.2, -0.15) is 5.10 Å². The van der Waals surface area contributed by atoms with Crippen LogP contribution in [0.2, 0.25) is 0 Å². The number of benzene rings is 3. The van der Waals surface area contributed by atoms with Crippen molar-refractivity contribution in [2.75, 3.05) is 13.7 Å². The SMILES string of the molecule is COc1ccccc1-c1cn[nH]c1-c1ccc(OCC=Cc2ccccc2)cc1O. The van der Waals surface area contributed by atoms with Crippen molar-refractivity contribution in [3.63, 3.8) is 0 Å². The first-order chi connectivity index (χ1) is 14.8. The lowest BCUT2D eigenvalue weighted by atomic mass is 10.0. The van der Waals surface area contributed by atoms with Gasteiger partial charge in [-0.15, -0.1) is 0 Å². The summed E-state index contributed by atoms with van der Waals surface area (Å²) in [7, 11) is 1.63. The van der Waals surface area contributed by atoms with Crippen LogP contribution in [0.5, 0.6) is 17.2 Å². The first-order valence-corrected chi connectivity index (χ1v) is 9.61. The van der Waals surface area contributed by atoms with Gasteiger partial charge in [0.15, 0.2) is 0 Å². The number of para-hydroxylation sites is 1. The van der Waals surface area contributed by atoms with Crippen molar-refractivity contribution in [1.29, 1.82) is 0 Å². The number of rotatable bonds is 7. The summed E-state index contributed by atoms with van der Waals surface area (Å²) in [4.78, 5) is 0. The lowest BCUT2D eigenvalue weighted by molar-refractivity contribution is 0.360. The van der Waals surface area contributed by atoms with E-state index in [0.717, 1.165) is 22.4 Å². The van der Waals surface area contributed by atoms with Crippen molar-refractivity contribution in [3.8, 4) is 39.6 Å². The predicted octanol–water partition coefficient (Wildman–Crippen LogP) is 5.55. The number of methoxy groups -OCH3 is 1. The van der Waals surface area contributed by atoms with Gasteiger partial charge in [0.1, 0.15) is 23.9 Å². The van der Waals surface area contributed by atoms with Crippen LogP contribution < -0.4 is 9.47 Å². The molecule has 0 saturated heterocycles. The largest absolute Gasteiger partial charge is 0.507 e. The Balaban J connectivity index is 1.52. The van der Waals surface area contributed by atoms with Crippen LogP contribution in [0, 0.1) is 0 Å². The van der Waals surface area contributed by atoms with Crippen molar-refractivity contribution >= 4 is 6.08 Å². The van der Waals surface area contributed by atoms with E-state index in [1.807, 2.05) is 78.9 Å². The Morgan fingerprint density at radius 2 is 1.73 bits per heavy atom. The quantitative estimate of drug-likeness (QED) is 0.428. The number of H-pyrrole nitrogens is 1. The molecule has 0 bridgehead atoms. The number of aromatic nitrogens is 2. The van der Waals surface area contributed by atoms with Gasteiger partial charge in [0.2, 0.25) is 0 Å². The molecular formula is C25H22N2O3. The molecule has 4 aromatic rings. The second kappa shape index (κ2) is 9.01. The van der Waals surface area contributed by atoms with E-state index in [2.05, 4.69) is 10.2 Å². The van der Waals surface area contributed by atoms with E-state index in [1.54, 1.807) is 19.4 Å². The van der Waals surface area contributed by atoms with Gasteiger partial charge >= 0.3 is 0 Å². The van der Waals surface area contributed by atoms with Crippen molar-refractivity contribution < 1.29 is 14.6 Å². The first-order valence-electron chi connectivity index (χ1n) is 9.61. The fourth-order valence-electron chi connectivity index (χ4n) is 3.27. The smallest absolute Gasteiger partial charge is 0.128 e. The molecule has 150 valence electrons. The number of hydrogen-bond acceptors (Lipinski definition) is 4. The maximum absolute atomic E-state index is 10.6. The van der Waals surface area contributed by atoms with E-state index in [-0.39, 0.29) is 5.75 Å². The summed E-state index contributed by atoms with van der Waals surface area (Å²) in [5.74, 6) is 1.44. The number of hydrogen-bond donors (Lipinski definition) is 2. The van der Waals surface area contributed by atoms with Gasteiger partial charge < -0.3 is 14.6 Å². The van der Waals surface area contributed by atoms with Gasteiger partial charge in [0.05, 0.1) is 19.0 Å². The van der Waals surface area contributed by atoms with E-state index in [1.165, 1.54) is 0 Å². The summed E-state index contributed by atoms with van der Waals surface area (Å²) in [6, 6.07) is 23.0. The van der Waals surface area contributed by atoms with Crippen molar-refractivity contribution in [1.82, 2.24) is 10.2 Å². The van der Waals surface area contributed by atoms with Gasteiger partial charge in [0.25, 0.3) is 0 Å². The Kier molecular flexibility index (Phi) is 5.80. The number of aromatic hydroxyl groups is 1. The molecule has 5 nitrogen and oxygen atoms in total. The predicted molar refractivity (Wildman–Crippen MR) is 119 cm³/mol. The molecule has 0 amide bonds. The highest BCUT2D eigenvalue weighted by atomic mass is 16.5. The molecule has 2 N–H and O–H groups in total. The van der Waals surface area contributed by atoms with E-state index in [0.29, 0.717) is 23.6 Å². The van der Waals surface area contributed by atoms with Crippen LogP contribution in [0.4, 0.5) is 0 Å². The molecule has 0 aliphatic rings. The summed E-state index contributed by atoms with van der Waals surface area (Å²) < 4.78 is 11.2. The summed E-state index contributed by atoms with van der Waals surface area (Å²) in [5.41, 5.74) is 4.22. The highest BCUT2D eigenvalue weighted by Crippen LogP contribution is 2.39. The van der Waals surface area contributed by atoms with E-state index in [9.17, 15) is 5.11 Å². The van der Waals surface area contributed by atoms with Crippen LogP contribution in [0.15, 0.2) is 85.1 Å². The summed E-state index contributed by atoms with van der Waals surface area (Å²) in [6.07, 6.45) is 5.67. The fourth-order valence-corrected chi connectivity index (χ4v) is 3.27.